The van der Waals surface area contributed by atoms with Crippen molar-refractivity contribution in [2.24, 2.45) is 5.14 Å². The van der Waals surface area contributed by atoms with Crippen molar-refractivity contribution in [2.75, 3.05) is 26.3 Å². The summed E-state index contributed by atoms with van der Waals surface area (Å²) < 4.78 is 41.4. The third-order valence-electron chi connectivity index (χ3n) is 7.54. The van der Waals surface area contributed by atoms with Crippen LogP contribution in [0.1, 0.15) is 75.2 Å². The first kappa shape index (κ1) is 33.1. The van der Waals surface area contributed by atoms with Gasteiger partial charge in [-0.2, -0.15) is 0 Å². The van der Waals surface area contributed by atoms with Crippen LogP contribution in [0, 0.1) is 0 Å². The molecule has 43 heavy (non-hydrogen) atoms. The van der Waals surface area contributed by atoms with Gasteiger partial charge in [0.25, 0.3) is 0 Å². The molecular weight excluding hydrogens is 564 g/mol. The van der Waals surface area contributed by atoms with Crippen LogP contribution < -0.4 is 15.2 Å². The van der Waals surface area contributed by atoms with E-state index in [-0.39, 0.29) is 4.90 Å². The van der Waals surface area contributed by atoms with Crippen LogP contribution in [0.4, 0.5) is 0 Å². The topological polar surface area (TPSA) is 120 Å². The molecule has 0 spiro atoms. The van der Waals surface area contributed by atoms with Crippen LogP contribution in [0.25, 0.3) is 11.1 Å². The van der Waals surface area contributed by atoms with Gasteiger partial charge in [0.1, 0.15) is 5.75 Å². The zero-order valence-electron chi connectivity index (χ0n) is 25.4. The van der Waals surface area contributed by atoms with E-state index in [9.17, 15) is 13.5 Å². The summed E-state index contributed by atoms with van der Waals surface area (Å²) in [6, 6.07) is 20.9. The van der Waals surface area contributed by atoms with Gasteiger partial charge < -0.3 is 24.6 Å². The Morgan fingerprint density at radius 1 is 0.930 bits per heavy atom. The maximum absolute atomic E-state index is 12.0. The summed E-state index contributed by atoms with van der Waals surface area (Å²) in [6.45, 7) is 7.07. The largest absolute Gasteiger partial charge is 0.463 e. The average molecular weight is 611 g/mol. The van der Waals surface area contributed by atoms with Crippen molar-refractivity contribution in [2.45, 2.75) is 82.2 Å². The molecule has 0 fully saturated rings. The lowest BCUT2D eigenvalue weighted by molar-refractivity contribution is -0.180. The zero-order valence-corrected chi connectivity index (χ0v) is 26.2. The Bertz CT molecular complexity index is 1410. The van der Waals surface area contributed by atoms with Crippen molar-refractivity contribution < 1.29 is 27.7 Å². The number of hydrogen-bond donors (Lipinski definition) is 3. The average Bonchev–Trinajstić information content (AvgIpc) is 2.98. The fourth-order valence-electron chi connectivity index (χ4n) is 5.13. The van der Waals surface area contributed by atoms with E-state index in [2.05, 4.69) is 5.32 Å². The Labute approximate surface area is 256 Å². The normalized spacial score (nSPS) is 15.1. The molecule has 0 aliphatic carbocycles. The van der Waals surface area contributed by atoms with E-state index in [1.807, 2.05) is 68.4 Å². The second kappa shape index (κ2) is 15.8. The van der Waals surface area contributed by atoms with Crippen LogP contribution in [-0.4, -0.2) is 45.6 Å². The molecule has 1 aliphatic heterocycles. The second-order valence-corrected chi connectivity index (χ2v) is 13.2. The fourth-order valence-corrected chi connectivity index (χ4v) is 5.74. The lowest BCUT2D eigenvalue weighted by Crippen LogP contribution is -2.35. The zero-order chi connectivity index (χ0) is 30.7. The van der Waals surface area contributed by atoms with E-state index in [4.69, 9.17) is 19.3 Å². The molecule has 0 aromatic heterocycles. The maximum atomic E-state index is 12.0. The number of ether oxygens (including phenoxy) is 3. The van der Waals surface area contributed by atoms with Crippen LogP contribution in [0.5, 0.6) is 5.75 Å². The summed E-state index contributed by atoms with van der Waals surface area (Å²) in [5, 5.41) is 19.4. The Morgan fingerprint density at radius 3 is 2.44 bits per heavy atom. The number of aliphatic hydroxyl groups is 1. The first-order chi connectivity index (χ1) is 20.6. The quantitative estimate of drug-likeness (QED) is 0.164. The van der Waals surface area contributed by atoms with Crippen LogP contribution in [0.15, 0.2) is 71.6 Å². The molecule has 234 valence electrons. The number of sulfonamides is 1. The van der Waals surface area contributed by atoms with Gasteiger partial charge in [-0.1, -0.05) is 55.3 Å². The fraction of sp³-hybridized carbons (Fsp3) is 0.471. The summed E-state index contributed by atoms with van der Waals surface area (Å²) in [4.78, 5) is 0.149. The highest BCUT2D eigenvalue weighted by atomic mass is 32.2. The molecule has 1 aliphatic rings. The number of hydrogen-bond acceptors (Lipinski definition) is 7. The van der Waals surface area contributed by atoms with Gasteiger partial charge in [0, 0.05) is 39.2 Å². The molecule has 9 heteroatoms. The van der Waals surface area contributed by atoms with Crippen molar-refractivity contribution in [3.8, 4) is 16.9 Å². The van der Waals surface area contributed by atoms with E-state index >= 15 is 0 Å². The van der Waals surface area contributed by atoms with Crippen LogP contribution in [0.3, 0.4) is 0 Å². The summed E-state index contributed by atoms with van der Waals surface area (Å²) in [5.41, 5.74) is 4.61. The first-order valence-electron chi connectivity index (χ1n) is 15.3. The highest BCUT2D eigenvalue weighted by molar-refractivity contribution is 7.89. The molecular formula is C34H46N2O6S. The molecule has 0 radical (unpaired) electrons. The predicted molar refractivity (Wildman–Crippen MR) is 169 cm³/mol. The number of aliphatic hydroxyl groups excluding tert-OH is 1. The number of unbranched alkanes of at least 4 members (excludes halogenated alkanes) is 4. The summed E-state index contributed by atoms with van der Waals surface area (Å²) in [5.74, 6) is 0.193. The molecule has 3 aromatic carbocycles. The van der Waals surface area contributed by atoms with Gasteiger partial charge in [0.15, 0.2) is 0 Å². The molecule has 4 rings (SSSR count). The third kappa shape index (κ3) is 10.7. The van der Waals surface area contributed by atoms with Gasteiger partial charge in [-0.25, -0.2) is 13.6 Å². The number of nitrogens with one attached hydrogen (secondary N) is 1. The minimum atomic E-state index is -3.78. The Hall–Kier alpha value is -2.79. The lowest BCUT2D eigenvalue weighted by Gasteiger charge is -2.33. The van der Waals surface area contributed by atoms with Crippen molar-refractivity contribution in [1.29, 1.82) is 0 Å². The summed E-state index contributed by atoms with van der Waals surface area (Å²) in [6.07, 6.45) is 6.30. The lowest BCUT2D eigenvalue weighted by atomic mass is 10.0. The molecule has 0 amide bonds. The standard InChI is InChI=1S/C34H46N2O6S/c1-34(2)41-25-30-22-28(15-16-33(30)42-34)32(37)24-36-17-9-3-4-10-18-40-19-11-8-12-26-20-29(27-13-6-5-7-14-27)23-31(21-26)43(35,38)39/h5-7,13-16,20-23,32,36-37H,3-4,8-12,17-19,24-25H2,1-2H3,(H2,35,38,39)/t32-/m0/s1. The highest BCUT2D eigenvalue weighted by Gasteiger charge is 2.27. The molecule has 8 nitrogen and oxygen atoms in total. The van der Waals surface area contributed by atoms with Crippen molar-refractivity contribution in [3.05, 3.63) is 83.4 Å². The predicted octanol–water partition coefficient (Wildman–Crippen LogP) is 5.87. The molecule has 3 aromatic rings. The van der Waals surface area contributed by atoms with Crippen molar-refractivity contribution >= 4 is 10.0 Å². The van der Waals surface area contributed by atoms with Gasteiger partial charge in [-0.15, -0.1) is 0 Å². The Kier molecular flexibility index (Phi) is 12.2. The molecule has 0 saturated heterocycles. The Morgan fingerprint density at radius 2 is 1.67 bits per heavy atom. The highest BCUT2D eigenvalue weighted by Crippen LogP contribution is 2.33. The SMILES string of the molecule is CC1(C)OCc2cc([C@@H](O)CNCCCCCCOCCCCc3cc(-c4ccccc4)cc(S(N)(=O)=O)c3)ccc2O1. The van der Waals surface area contributed by atoms with Crippen molar-refractivity contribution in [1.82, 2.24) is 5.32 Å². The number of primary sulfonamides is 1. The third-order valence-corrected chi connectivity index (χ3v) is 8.43. The van der Waals surface area contributed by atoms with Gasteiger partial charge in [0.2, 0.25) is 15.8 Å². The minimum Gasteiger partial charge on any atom is -0.463 e. The van der Waals surface area contributed by atoms with Gasteiger partial charge in [-0.05, 0) is 85.2 Å². The number of aryl methyl sites for hydroxylation is 1. The van der Waals surface area contributed by atoms with Crippen LogP contribution in [0.2, 0.25) is 0 Å². The van der Waals surface area contributed by atoms with Crippen LogP contribution in [-0.2, 0) is 32.5 Å². The molecule has 0 bridgehead atoms. The van der Waals surface area contributed by atoms with E-state index in [1.54, 1.807) is 12.1 Å². The molecule has 0 saturated carbocycles. The van der Waals surface area contributed by atoms with Crippen molar-refractivity contribution in [3.63, 3.8) is 0 Å². The summed E-state index contributed by atoms with van der Waals surface area (Å²) in [7, 11) is -3.78. The number of fused-ring (bicyclic) bond motifs is 1. The van der Waals surface area contributed by atoms with Gasteiger partial charge >= 0.3 is 0 Å². The Balaban J connectivity index is 1.04. The van der Waals surface area contributed by atoms with Gasteiger partial charge in [0.05, 0.1) is 17.6 Å². The number of nitrogens with two attached hydrogens (primary N) is 1. The number of rotatable bonds is 17. The van der Waals surface area contributed by atoms with Gasteiger partial charge in [-0.3, -0.25) is 0 Å². The molecule has 4 N–H and O–H groups in total. The van der Waals surface area contributed by atoms with E-state index in [0.717, 1.165) is 91.7 Å². The van der Waals surface area contributed by atoms with E-state index < -0.39 is 21.9 Å². The van der Waals surface area contributed by atoms with Crippen LogP contribution >= 0.6 is 0 Å². The molecule has 1 heterocycles. The van der Waals surface area contributed by atoms with E-state index in [1.165, 1.54) is 0 Å². The minimum absolute atomic E-state index is 0.149. The maximum Gasteiger partial charge on any atom is 0.238 e. The van der Waals surface area contributed by atoms with E-state index in [0.29, 0.717) is 19.8 Å². The first-order valence-corrected chi connectivity index (χ1v) is 16.8. The molecule has 1 atom stereocenters. The monoisotopic (exact) mass is 610 g/mol. The second-order valence-electron chi connectivity index (χ2n) is 11.6. The number of benzene rings is 3. The smallest absolute Gasteiger partial charge is 0.238 e. The summed E-state index contributed by atoms with van der Waals surface area (Å²) >= 11 is 0. The molecule has 0 unspecified atom stereocenters.